The van der Waals surface area contributed by atoms with Gasteiger partial charge in [0.05, 0.1) is 14.2 Å². The van der Waals surface area contributed by atoms with Crippen molar-refractivity contribution in [3.63, 3.8) is 0 Å². The lowest BCUT2D eigenvalue weighted by Crippen LogP contribution is -2.36. The average molecular weight is 410 g/mol. The van der Waals surface area contributed by atoms with E-state index in [1.165, 1.54) is 25.9 Å². The Morgan fingerprint density at radius 1 is 1.07 bits per heavy atom. The van der Waals surface area contributed by atoms with Crippen molar-refractivity contribution < 1.29 is 28.6 Å². The van der Waals surface area contributed by atoms with Gasteiger partial charge in [0.1, 0.15) is 18.8 Å². The topological polar surface area (TPSA) is 94.2 Å². The van der Waals surface area contributed by atoms with Crippen LogP contribution in [0.2, 0.25) is 0 Å². The van der Waals surface area contributed by atoms with E-state index in [4.69, 9.17) is 9.47 Å². The highest BCUT2D eigenvalue weighted by Gasteiger charge is 2.35. The molecule has 0 aliphatic carbocycles. The number of carbonyl (C=O) groups excluding carboxylic acids is 3. The molecule has 1 fully saturated rings. The maximum Gasteiger partial charge on any atom is 0.329 e. The van der Waals surface area contributed by atoms with E-state index >= 15 is 0 Å². The fourth-order valence-corrected chi connectivity index (χ4v) is 2.81. The van der Waals surface area contributed by atoms with Gasteiger partial charge in [-0.25, -0.2) is 9.69 Å². The minimum atomic E-state index is -0.684. The molecule has 3 amide bonds. The Hall–Kier alpha value is -3.81. The number of amides is 3. The molecule has 1 aliphatic heterocycles. The van der Waals surface area contributed by atoms with Gasteiger partial charge in [-0.15, -0.1) is 0 Å². The number of benzene rings is 2. The Morgan fingerprint density at radius 3 is 2.47 bits per heavy atom. The van der Waals surface area contributed by atoms with Crippen molar-refractivity contribution in [3.05, 3.63) is 64.9 Å². The number of aryl methyl sites for hydroxylation is 1. The molecule has 0 atom stereocenters. The second kappa shape index (κ2) is 9.13. The van der Waals surface area contributed by atoms with Crippen molar-refractivity contribution >= 4 is 24.0 Å². The number of ether oxygens (including phenoxy) is 3. The molecule has 2 aromatic carbocycles. The molecule has 1 N–H and O–H groups in total. The Morgan fingerprint density at radius 2 is 1.80 bits per heavy atom. The van der Waals surface area contributed by atoms with Gasteiger partial charge >= 0.3 is 12.0 Å². The smallest absolute Gasteiger partial charge is 0.329 e. The molecule has 8 heteroatoms. The molecule has 1 aliphatic rings. The third-order valence-corrected chi connectivity index (χ3v) is 4.49. The molecule has 3 rings (SSSR count). The predicted molar refractivity (Wildman–Crippen MR) is 109 cm³/mol. The lowest BCUT2D eigenvalue weighted by Gasteiger charge is -2.12. The number of urea groups is 1. The third kappa shape index (κ3) is 4.78. The fourth-order valence-electron chi connectivity index (χ4n) is 2.81. The summed E-state index contributed by atoms with van der Waals surface area (Å²) in [6.45, 7) is 1.95. The number of carbonyl (C=O) groups is 3. The second-order valence-corrected chi connectivity index (χ2v) is 6.64. The molecule has 0 aromatic heterocycles. The fraction of sp³-hybridized carbons (Fsp3) is 0.227. The number of esters is 1. The third-order valence-electron chi connectivity index (χ3n) is 4.49. The van der Waals surface area contributed by atoms with E-state index in [0.717, 1.165) is 10.5 Å². The van der Waals surface area contributed by atoms with E-state index in [-0.39, 0.29) is 5.70 Å². The lowest BCUT2D eigenvalue weighted by molar-refractivity contribution is -0.143. The Balaban J connectivity index is 1.74. The highest BCUT2D eigenvalue weighted by atomic mass is 16.5. The summed E-state index contributed by atoms with van der Waals surface area (Å²) in [6.07, 6.45) is 1.50. The van der Waals surface area contributed by atoms with Crippen LogP contribution in [0.3, 0.4) is 0 Å². The summed E-state index contributed by atoms with van der Waals surface area (Å²) < 4.78 is 15.7. The van der Waals surface area contributed by atoms with E-state index in [2.05, 4.69) is 10.1 Å². The second-order valence-electron chi connectivity index (χ2n) is 6.64. The van der Waals surface area contributed by atoms with Gasteiger partial charge in [-0.1, -0.05) is 35.9 Å². The molecule has 8 nitrogen and oxygen atoms in total. The van der Waals surface area contributed by atoms with Crippen molar-refractivity contribution in [1.82, 2.24) is 10.2 Å². The first-order valence-electron chi connectivity index (χ1n) is 9.19. The van der Waals surface area contributed by atoms with E-state index in [1.807, 2.05) is 31.2 Å². The van der Waals surface area contributed by atoms with Crippen LogP contribution in [0, 0.1) is 6.92 Å². The van der Waals surface area contributed by atoms with Crippen LogP contribution in [0.1, 0.15) is 16.7 Å². The zero-order valence-corrected chi connectivity index (χ0v) is 16.9. The summed E-state index contributed by atoms with van der Waals surface area (Å²) in [7, 11) is 2.71. The van der Waals surface area contributed by atoms with Crippen molar-refractivity contribution in [3.8, 4) is 11.5 Å². The number of hydrogen-bond acceptors (Lipinski definition) is 6. The first kappa shape index (κ1) is 20.9. The first-order chi connectivity index (χ1) is 14.4. The highest BCUT2D eigenvalue weighted by molar-refractivity contribution is 6.15. The first-order valence-corrected chi connectivity index (χ1v) is 9.19. The maximum absolute atomic E-state index is 12.4. The van der Waals surface area contributed by atoms with Crippen LogP contribution < -0.4 is 14.8 Å². The molecular formula is C22H22N2O6. The average Bonchev–Trinajstić information content (AvgIpc) is 3.00. The van der Waals surface area contributed by atoms with Crippen LogP contribution in [-0.2, 0) is 20.9 Å². The number of rotatable bonds is 7. The molecule has 2 aromatic rings. The van der Waals surface area contributed by atoms with Gasteiger partial charge in [0, 0.05) is 0 Å². The Kier molecular flexibility index (Phi) is 6.36. The van der Waals surface area contributed by atoms with Crippen molar-refractivity contribution in [2.45, 2.75) is 13.5 Å². The summed E-state index contributed by atoms with van der Waals surface area (Å²) in [5.74, 6) is -0.255. The highest BCUT2D eigenvalue weighted by Crippen LogP contribution is 2.30. The van der Waals surface area contributed by atoms with Crippen LogP contribution in [0.15, 0.2) is 48.2 Å². The van der Waals surface area contributed by atoms with Gasteiger partial charge in [-0.05, 0) is 36.3 Å². The van der Waals surface area contributed by atoms with Crippen molar-refractivity contribution in [2.75, 3.05) is 20.8 Å². The van der Waals surface area contributed by atoms with Crippen LogP contribution in [0.25, 0.3) is 6.08 Å². The Bertz CT molecular complexity index is 997. The number of methoxy groups -OCH3 is 2. The van der Waals surface area contributed by atoms with Gasteiger partial charge in [-0.3, -0.25) is 9.59 Å². The van der Waals surface area contributed by atoms with E-state index in [9.17, 15) is 14.4 Å². The normalized spacial score (nSPS) is 14.6. The van der Waals surface area contributed by atoms with Gasteiger partial charge in [-0.2, -0.15) is 0 Å². The zero-order chi connectivity index (χ0) is 21.7. The number of nitrogens with one attached hydrogen (secondary N) is 1. The van der Waals surface area contributed by atoms with Gasteiger partial charge < -0.3 is 19.5 Å². The van der Waals surface area contributed by atoms with Gasteiger partial charge in [0.25, 0.3) is 5.91 Å². The Labute approximate surface area is 174 Å². The summed E-state index contributed by atoms with van der Waals surface area (Å²) in [4.78, 5) is 36.5. The summed E-state index contributed by atoms with van der Waals surface area (Å²) >= 11 is 0. The van der Waals surface area contributed by atoms with E-state index < -0.39 is 24.5 Å². The molecule has 0 unspecified atom stereocenters. The molecule has 0 saturated carbocycles. The minimum Gasteiger partial charge on any atom is -0.493 e. The van der Waals surface area contributed by atoms with Crippen LogP contribution >= 0.6 is 0 Å². The minimum absolute atomic E-state index is 0.0549. The van der Waals surface area contributed by atoms with E-state index in [0.29, 0.717) is 23.7 Å². The SMILES string of the molecule is COC(=O)CN1C(=O)N/C(=C/c2ccc(OCc3ccc(C)cc3)c(OC)c2)C1=O. The van der Waals surface area contributed by atoms with Crippen molar-refractivity contribution in [2.24, 2.45) is 0 Å². The standard InChI is InChI=1S/C22H22N2O6/c1-14-4-6-15(7-5-14)13-30-18-9-8-16(11-19(18)28-2)10-17-21(26)24(22(27)23-17)12-20(25)29-3/h4-11H,12-13H2,1-3H3,(H,23,27)/b17-10+. The van der Waals surface area contributed by atoms with Crippen LogP contribution in [0.4, 0.5) is 4.79 Å². The molecule has 0 bridgehead atoms. The summed E-state index contributed by atoms with van der Waals surface area (Å²) in [5.41, 5.74) is 2.88. The molecule has 1 saturated heterocycles. The molecule has 156 valence electrons. The number of nitrogens with zero attached hydrogens (tertiary/aromatic N) is 1. The summed E-state index contributed by atoms with van der Waals surface area (Å²) in [6, 6.07) is 12.5. The summed E-state index contributed by atoms with van der Waals surface area (Å²) in [5, 5.41) is 2.45. The van der Waals surface area contributed by atoms with Gasteiger partial charge in [0.15, 0.2) is 11.5 Å². The quantitative estimate of drug-likeness (QED) is 0.428. The maximum atomic E-state index is 12.4. The van der Waals surface area contributed by atoms with Crippen molar-refractivity contribution in [1.29, 1.82) is 0 Å². The van der Waals surface area contributed by atoms with Crippen LogP contribution in [-0.4, -0.2) is 43.6 Å². The molecule has 1 heterocycles. The van der Waals surface area contributed by atoms with Crippen LogP contribution in [0.5, 0.6) is 11.5 Å². The monoisotopic (exact) mass is 410 g/mol. The molecule has 0 radical (unpaired) electrons. The zero-order valence-electron chi connectivity index (χ0n) is 16.9. The molecule has 30 heavy (non-hydrogen) atoms. The molecule has 0 spiro atoms. The largest absolute Gasteiger partial charge is 0.493 e. The number of imide groups is 1. The van der Waals surface area contributed by atoms with E-state index in [1.54, 1.807) is 18.2 Å². The predicted octanol–water partition coefficient (Wildman–Crippen LogP) is 2.65. The lowest BCUT2D eigenvalue weighted by atomic mass is 10.1. The van der Waals surface area contributed by atoms with Gasteiger partial charge in [0.2, 0.25) is 0 Å². The number of hydrogen-bond donors (Lipinski definition) is 1. The molecular weight excluding hydrogens is 388 g/mol.